The highest BCUT2D eigenvalue weighted by Crippen LogP contribution is 2.33. The topological polar surface area (TPSA) is 69.2 Å². The average molecular weight is 252 g/mol. The Labute approximate surface area is 106 Å². The number of carbonyl (C=O) groups excluding carboxylic acids is 1. The van der Waals surface area contributed by atoms with E-state index >= 15 is 0 Å². The Kier molecular flexibility index (Phi) is 4.98. The molecule has 0 heterocycles. The summed E-state index contributed by atoms with van der Waals surface area (Å²) in [6, 6.07) is 3.40. The monoisotopic (exact) mass is 252 g/mol. The summed E-state index contributed by atoms with van der Waals surface area (Å²) in [5, 5.41) is 3.78. The number of rotatable bonds is 5. The fourth-order valence-corrected chi connectivity index (χ4v) is 1.35. The summed E-state index contributed by atoms with van der Waals surface area (Å²) in [6.07, 6.45) is 1.47. The van der Waals surface area contributed by atoms with Gasteiger partial charge in [-0.25, -0.2) is 5.43 Å². The summed E-state index contributed by atoms with van der Waals surface area (Å²) in [6.45, 7) is 1.38. The molecule has 1 aromatic carbocycles. The quantitative estimate of drug-likeness (QED) is 0.631. The molecule has 6 nitrogen and oxygen atoms in total. The van der Waals surface area contributed by atoms with Crippen molar-refractivity contribution in [3.05, 3.63) is 17.7 Å². The molecule has 0 saturated heterocycles. The van der Waals surface area contributed by atoms with Crippen molar-refractivity contribution in [3.8, 4) is 17.2 Å². The van der Waals surface area contributed by atoms with Crippen LogP contribution in [-0.4, -0.2) is 33.5 Å². The van der Waals surface area contributed by atoms with Crippen LogP contribution >= 0.6 is 0 Å². The van der Waals surface area contributed by atoms with E-state index in [1.807, 2.05) is 0 Å². The first-order chi connectivity index (χ1) is 8.62. The van der Waals surface area contributed by atoms with Crippen LogP contribution in [0.5, 0.6) is 17.2 Å². The van der Waals surface area contributed by atoms with Crippen LogP contribution in [0.2, 0.25) is 0 Å². The first kappa shape index (κ1) is 13.8. The number of amides is 1. The maximum atomic E-state index is 10.7. The molecule has 98 valence electrons. The molecule has 0 aliphatic rings. The molecule has 0 aliphatic heterocycles. The van der Waals surface area contributed by atoms with Crippen molar-refractivity contribution in [2.24, 2.45) is 5.10 Å². The van der Waals surface area contributed by atoms with Gasteiger partial charge in [-0.3, -0.25) is 4.79 Å². The van der Waals surface area contributed by atoms with Crippen molar-refractivity contribution in [2.75, 3.05) is 21.3 Å². The van der Waals surface area contributed by atoms with Crippen molar-refractivity contribution < 1.29 is 19.0 Å². The van der Waals surface area contributed by atoms with Gasteiger partial charge in [0.25, 0.3) is 0 Å². The van der Waals surface area contributed by atoms with Crippen molar-refractivity contribution in [3.63, 3.8) is 0 Å². The molecule has 1 rings (SSSR count). The van der Waals surface area contributed by atoms with Crippen molar-refractivity contribution >= 4 is 12.1 Å². The van der Waals surface area contributed by atoms with E-state index in [9.17, 15) is 4.79 Å². The number of benzene rings is 1. The average Bonchev–Trinajstić information content (AvgIpc) is 2.37. The van der Waals surface area contributed by atoms with Crippen LogP contribution in [0, 0.1) is 0 Å². The fourth-order valence-electron chi connectivity index (χ4n) is 1.35. The van der Waals surface area contributed by atoms with Crippen LogP contribution in [0.3, 0.4) is 0 Å². The van der Waals surface area contributed by atoms with Gasteiger partial charge in [0, 0.05) is 18.6 Å². The number of nitrogens with one attached hydrogen (secondary N) is 1. The van der Waals surface area contributed by atoms with Gasteiger partial charge in [-0.15, -0.1) is 0 Å². The molecule has 1 N–H and O–H groups in total. The summed E-state index contributed by atoms with van der Waals surface area (Å²) < 4.78 is 15.5. The predicted octanol–water partition coefficient (Wildman–Crippen LogP) is 1.18. The third kappa shape index (κ3) is 3.38. The number of hydrogen-bond acceptors (Lipinski definition) is 5. The Balaban J connectivity index is 3.09. The summed E-state index contributed by atoms with van der Waals surface area (Å²) >= 11 is 0. The van der Waals surface area contributed by atoms with E-state index in [1.165, 1.54) is 20.2 Å². The second-order valence-electron chi connectivity index (χ2n) is 3.38. The maximum absolute atomic E-state index is 10.7. The van der Waals surface area contributed by atoms with E-state index in [2.05, 4.69) is 10.5 Å². The molecule has 0 unspecified atom stereocenters. The van der Waals surface area contributed by atoms with Crippen molar-refractivity contribution in [1.82, 2.24) is 5.43 Å². The minimum Gasteiger partial charge on any atom is -0.496 e. The molecule has 0 aromatic heterocycles. The largest absolute Gasteiger partial charge is 0.496 e. The van der Waals surface area contributed by atoms with Gasteiger partial charge in [0.2, 0.25) is 5.91 Å². The standard InChI is InChI=1S/C12H16N2O4/c1-8(15)14-13-7-9-5-11(17-3)12(18-4)6-10(9)16-2/h5-7H,1-4H3,(H,14,15)/b13-7+. The first-order valence-corrected chi connectivity index (χ1v) is 5.22. The number of methoxy groups -OCH3 is 3. The fraction of sp³-hybridized carbons (Fsp3) is 0.333. The molecule has 18 heavy (non-hydrogen) atoms. The van der Waals surface area contributed by atoms with E-state index in [0.717, 1.165) is 0 Å². The Morgan fingerprint density at radius 2 is 1.67 bits per heavy atom. The highest BCUT2D eigenvalue weighted by molar-refractivity contribution is 5.86. The Morgan fingerprint density at radius 1 is 1.11 bits per heavy atom. The molecular weight excluding hydrogens is 236 g/mol. The minimum atomic E-state index is -0.245. The summed E-state index contributed by atoms with van der Waals surface area (Å²) in [7, 11) is 4.62. The van der Waals surface area contributed by atoms with Gasteiger partial charge in [0.15, 0.2) is 11.5 Å². The smallest absolute Gasteiger partial charge is 0.236 e. The highest BCUT2D eigenvalue weighted by atomic mass is 16.5. The number of carbonyl (C=O) groups is 1. The summed E-state index contributed by atoms with van der Waals surface area (Å²) in [5.74, 6) is 1.45. The first-order valence-electron chi connectivity index (χ1n) is 5.22. The lowest BCUT2D eigenvalue weighted by Gasteiger charge is -2.11. The molecule has 0 spiro atoms. The second kappa shape index (κ2) is 6.48. The maximum Gasteiger partial charge on any atom is 0.236 e. The zero-order chi connectivity index (χ0) is 13.5. The van der Waals surface area contributed by atoms with E-state index in [0.29, 0.717) is 22.8 Å². The molecule has 1 amide bonds. The second-order valence-corrected chi connectivity index (χ2v) is 3.38. The Bertz CT molecular complexity index is 458. The summed E-state index contributed by atoms with van der Waals surface area (Å²) in [5.41, 5.74) is 2.98. The molecule has 0 aliphatic carbocycles. The van der Waals surface area contributed by atoms with Crippen LogP contribution in [0.1, 0.15) is 12.5 Å². The Morgan fingerprint density at radius 3 is 2.17 bits per heavy atom. The van der Waals surface area contributed by atoms with Crippen LogP contribution in [0.25, 0.3) is 0 Å². The lowest BCUT2D eigenvalue weighted by molar-refractivity contribution is -0.118. The predicted molar refractivity (Wildman–Crippen MR) is 67.5 cm³/mol. The number of hydrogen-bond donors (Lipinski definition) is 1. The molecule has 0 saturated carbocycles. The van der Waals surface area contributed by atoms with E-state index in [-0.39, 0.29) is 5.91 Å². The molecule has 1 aromatic rings. The zero-order valence-corrected chi connectivity index (χ0v) is 10.8. The molecule has 6 heteroatoms. The van der Waals surface area contributed by atoms with Crippen molar-refractivity contribution in [1.29, 1.82) is 0 Å². The van der Waals surface area contributed by atoms with Crippen LogP contribution in [0.4, 0.5) is 0 Å². The van der Waals surface area contributed by atoms with Gasteiger partial charge in [-0.05, 0) is 6.07 Å². The van der Waals surface area contributed by atoms with Gasteiger partial charge in [-0.2, -0.15) is 5.10 Å². The molecule has 0 atom stereocenters. The molecule has 0 bridgehead atoms. The number of hydrazone groups is 1. The number of nitrogens with zero attached hydrogens (tertiary/aromatic N) is 1. The van der Waals surface area contributed by atoms with Crippen LogP contribution in [-0.2, 0) is 4.79 Å². The van der Waals surface area contributed by atoms with Crippen molar-refractivity contribution in [2.45, 2.75) is 6.92 Å². The van der Waals surface area contributed by atoms with Gasteiger partial charge >= 0.3 is 0 Å². The van der Waals surface area contributed by atoms with Gasteiger partial charge in [0.05, 0.1) is 27.5 Å². The molecule has 0 radical (unpaired) electrons. The SMILES string of the molecule is COc1cc(OC)c(OC)cc1/C=N/NC(C)=O. The highest BCUT2D eigenvalue weighted by Gasteiger charge is 2.10. The zero-order valence-electron chi connectivity index (χ0n) is 10.8. The minimum absolute atomic E-state index is 0.245. The molecule has 0 fully saturated rings. The lowest BCUT2D eigenvalue weighted by Crippen LogP contribution is -2.12. The number of ether oxygens (including phenoxy) is 3. The van der Waals surface area contributed by atoms with E-state index in [4.69, 9.17) is 14.2 Å². The van der Waals surface area contributed by atoms with Crippen LogP contribution in [0.15, 0.2) is 17.2 Å². The van der Waals surface area contributed by atoms with E-state index < -0.39 is 0 Å². The van der Waals surface area contributed by atoms with Gasteiger partial charge in [-0.1, -0.05) is 0 Å². The van der Waals surface area contributed by atoms with Gasteiger partial charge in [0.1, 0.15) is 5.75 Å². The third-order valence-corrected chi connectivity index (χ3v) is 2.16. The molecular formula is C12H16N2O4. The van der Waals surface area contributed by atoms with Crippen LogP contribution < -0.4 is 19.6 Å². The lowest BCUT2D eigenvalue weighted by atomic mass is 10.2. The normalized spacial score (nSPS) is 10.2. The third-order valence-electron chi connectivity index (χ3n) is 2.16. The van der Waals surface area contributed by atoms with E-state index in [1.54, 1.807) is 26.4 Å². The summed E-state index contributed by atoms with van der Waals surface area (Å²) in [4.78, 5) is 10.7. The Hall–Kier alpha value is -2.24. The van der Waals surface area contributed by atoms with Gasteiger partial charge < -0.3 is 14.2 Å².